The van der Waals surface area contributed by atoms with Crippen LogP contribution >= 0.6 is 0 Å². The van der Waals surface area contributed by atoms with Crippen LogP contribution in [0.2, 0.25) is 0 Å². The van der Waals surface area contributed by atoms with E-state index in [-0.39, 0.29) is 31.4 Å². The molecule has 1 unspecified atom stereocenters. The van der Waals surface area contributed by atoms with E-state index >= 15 is 0 Å². The predicted octanol–water partition coefficient (Wildman–Crippen LogP) is 0.949. The van der Waals surface area contributed by atoms with E-state index in [1.165, 1.54) is 0 Å². The zero-order valence-electron chi connectivity index (χ0n) is 12.1. The van der Waals surface area contributed by atoms with Gasteiger partial charge in [-0.2, -0.15) is 0 Å². The zero-order valence-corrected chi connectivity index (χ0v) is 12.9. The maximum atomic E-state index is 11.7. The molecule has 3 N–H and O–H groups in total. The third-order valence-electron chi connectivity index (χ3n) is 2.89. The van der Waals surface area contributed by atoms with Gasteiger partial charge in [0.2, 0.25) is 10.0 Å². The summed E-state index contributed by atoms with van der Waals surface area (Å²) in [7, 11) is -3.48. The van der Waals surface area contributed by atoms with Gasteiger partial charge in [0.05, 0.1) is 18.8 Å². The number of nitrogens with two attached hydrogens (primary N) is 1. The van der Waals surface area contributed by atoms with E-state index in [1.807, 2.05) is 30.3 Å². The highest BCUT2D eigenvalue weighted by atomic mass is 32.2. The van der Waals surface area contributed by atoms with Crippen molar-refractivity contribution in [1.82, 2.24) is 4.72 Å². The van der Waals surface area contributed by atoms with Crippen LogP contribution in [-0.2, 0) is 19.6 Å². The van der Waals surface area contributed by atoms with Crippen LogP contribution in [0.4, 0.5) is 0 Å². The van der Waals surface area contributed by atoms with E-state index in [9.17, 15) is 13.2 Å². The predicted molar refractivity (Wildman–Crippen MR) is 81.0 cm³/mol. The summed E-state index contributed by atoms with van der Waals surface area (Å²) in [5.41, 5.74) is 6.94. The Bertz CT molecular complexity index is 531. The number of carbonyl (C=O) groups is 1. The summed E-state index contributed by atoms with van der Waals surface area (Å²) in [5, 5.41) is 0. The number of esters is 1. The van der Waals surface area contributed by atoms with Crippen molar-refractivity contribution in [3.05, 3.63) is 35.9 Å². The molecule has 0 aliphatic carbocycles. The van der Waals surface area contributed by atoms with E-state index in [4.69, 9.17) is 5.73 Å². The molecule has 0 fully saturated rings. The van der Waals surface area contributed by atoms with Gasteiger partial charge in [0, 0.05) is 12.6 Å². The molecule has 1 aromatic rings. The van der Waals surface area contributed by atoms with Crippen molar-refractivity contribution in [2.24, 2.45) is 5.73 Å². The van der Waals surface area contributed by atoms with Gasteiger partial charge in [0.25, 0.3) is 0 Å². The standard InChI is InChI=1S/C14H22N2O4S/c1-2-20-14(17)9-11-21(18,19)16-10-8-13(15)12-6-4-3-5-7-12/h3-7,13,16H,2,8-11,15H2,1H3. The molecule has 7 heteroatoms. The zero-order chi connectivity index (χ0) is 15.7. The number of benzene rings is 1. The Kier molecular flexibility index (Phi) is 7.35. The molecule has 0 saturated heterocycles. The normalized spacial score (nSPS) is 12.9. The molecule has 0 aromatic heterocycles. The van der Waals surface area contributed by atoms with E-state index in [1.54, 1.807) is 6.92 Å². The van der Waals surface area contributed by atoms with Gasteiger partial charge in [0.1, 0.15) is 0 Å². The monoisotopic (exact) mass is 314 g/mol. The second kappa shape index (κ2) is 8.76. The molecule has 1 rings (SSSR count). The van der Waals surface area contributed by atoms with Crippen LogP contribution in [0.5, 0.6) is 0 Å². The van der Waals surface area contributed by atoms with Gasteiger partial charge in [-0.25, -0.2) is 13.1 Å². The molecule has 0 aliphatic rings. The first-order valence-electron chi connectivity index (χ1n) is 6.88. The van der Waals surface area contributed by atoms with Crippen molar-refractivity contribution in [2.45, 2.75) is 25.8 Å². The number of ether oxygens (including phenoxy) is 1. The van der Waals surface area contributed by atoms with E-state index in [0.29, 0.717) is 6.42 Å². The first kappa shape index (κ1) is 17.6. The fourth-order valence-corrected chi connectivity index (χ4v) is 2.77. The highest BCUT2D eigenvalue weighted by molar-refractivity contribution is 7.89. The van der Waals surface area contributed by atoms with Crippen molar-refractivity contribution >= 4 is 16.0 Å². The minimum atomic E-state index is -3.48. The first-order chi connectivity index (χ1) is 9.94. The van der Waals surface area contributed by atoms with Gasteiger partial charge in [-0.15, -0.1) is 0 Å². The maximum absolute atomic E-state index is 11.7. The maximum Gasteiger partial charge on any atom is 0.306 e. The second-order valence-electron chi connectivity index (χ2n) is 4.57. The molecule has 1 aromatic carbocycles. The van der Waals surface area contributed by atoms with E-state index in [0.717, 1.165) is 5.56 Å². The van der Waals surface area contributed by atoms with Crippen LogP contribution in [0.3, 0.4) is 0 Å². The van der Waals surface area contributed by atoms with Crippen LogP contribution in [0.25, 0.3) is 0 Å². The van der Waals surface area contributed by atoms with Crippen LogP contribution in [-0.4, -0.2) is 33.3 Å². The molecule has 0 heterocycles. The molecule has 6 nitrogen and oxygen atoms in total. The number of rotatable bonds is 9. The number of sulfonamides is 1. The second-order valence-corrected chi connectivity index (χ2v) is 6.50. The summed E-state index contributed by atoms with van der Waals surface area (Å²) >= 11 is 0. The van der Waals surface area contributed by atoms with Crippen molar-refractivity contribution in [3.8, 4) is 0 Å². The first-order valence-corrected chi connectivity index (χ1v) is 8.53. The van der Waals surface area contributed by atoms with Crippen molar-refractivity contribution < 1.29 is 17.9 Å². The highest BCUT2D eigenvalue weighted by Gasteiger charge is 2.14. The average molecular weight is 314 g/mol. The third kappa shape index (κ3) is 7.22. The van der Waals surface area contributed by atoms with Crippen LogP contribution in [0.15, 0.2) is 30.3 Å². The Hall–Kier alpha value is -1.44. The molecule has 0 radical (unpaired) electrons. The van der Waals surface area contributed by atoms with Crippen molar-refractivity contribution in [3.63, 3.8) is 0 Å². The van der Waals surface area contributed by atoms with Crippen molar-refractivity contribution in [1.29, 1.82) is 0 Å². The smallest absolute Gasteiger partial charge is 0.306 e. The van der Waals surface area contributed by atoms with Gasteiger partial charge in [0.15, 0.2) is 0 Å². The third-order valence-corrected chi connectivity index (χ3v) is 4.27. The minimum absolute atomic E-state index is 0.145. The minimum Gasteiger partial charge on any atom is -0.466 e. The summed E-state index contributed by atoms with van der Waals surface area (Å²) in [6.07, 6.45) is 0.344. The average Bonchev–Trinajstić information content (AvgIpc) is 2.46. The molecule has 118 valence electrons. The number of hydrogen-bond acceptors (Lipinski definition) is 5. The Morgan fingerprint density at radius 2 is 2.00 bits per heavy atom. The molecular weight excluding hydrogens is 292 g/mol. The van der Waals surface area contributed by atoms with Gasteiger partial charge in [-0.3, -0.25) is 4.79 Å². The molecule has 0 amide bonds. The molecule has 0 saturated carbocycles. The van der Waals surface area contributed by atoms with Crippen LogP contribution < -0.4 is 10.5 Å². The van der Waals surface area contributed by atoms with E-state index < -0.39 is 16.0 Å². The summed E-state index contributed by atoms with van der Waals surface area (Å²) in [5.74, 6) is -0.782. The molecule has 21 heavy (non-hydrogen) atoms. The lowest BCUT2D eigenvalue weighted by molar-refractivity contribution is -0.142. The fourth-order valence-electron chi connectivity index (χ4n) is 1.76. The summed E-state index contributed by atoms with van der Waals surface area (Å²) < 4.78 is 30.5. The number of nitrogens with one attached hydrogen (secondary N) is 1. The van der Waals surface area contributed by atoms with Gasteiger partial charge in [-0.05, 0) is 18.9 Å². The quantitative estimate of drug-likeness (QED) is 0.661. The molecule has 0 spiro atoms. The lowest BCUT2D eigenvalue weighted by Crippen LogP contribution is -2.30. The summed E-state index contributed by atoms with van der Waals surface area (Å²) in [6.45, 7) is 2.16. The van der Waals surface area contributed by atoms with E-state index in [2.05, 4.69) is 9.46 Å². The SMILES string of the molecule is CCOC(=O)CCS(=O)(=O)NCCC(N)c1ccccc1. The van der Waals surface area contributed by atoms with Gasteiger partial charge >= 0.3 is 5.97 Å². The molecular formula is C14H22N2O4S. The summed E-state index contributed by atoms with van der Waals surface area (Å²) in [6, 6.07) is 9.25. The fraction of sp³-hybridized carbons (Fsp3) is 0.500. The van der Waals surface area contributed by atoms with Crippen LogP contribution in [0, 0.1) is 0 Å². The lowest BCUT2D eigenvalue weighted by Gasteiger charge is -2.12. The number of hydrogen-bond donors (Lipinski definition) is 2. The summed E-state index contributed by atoms with van der Waals surface area (Å²) in [4.78, 5) is 11.1. The topological polar surface area (TPSA) is 98.5 Å². The largest absolute Gasteiger partial charge is 0.466 e. The Balaban J connectivity index is 2.32. The molecule has 0 aliphatic heterocycles. The highest BCUT2D eigenvalue weighted by Crippen LogP contribution is 2.12. The lowest BCUT2D eigenvalue weighted by atomic mass is 10.1. The Labute approximate surface area is 125 Å². The van der Waals surface area contributed by atoms with Gasteiger partial charge in [-0.1, -0.05) is 30.3 Å². The molecule has 1 atom stereocenters. The number of carbonyl (C=O) groups excluding carboxylic acids is 1. The van der Waals surface area contributed by atoms with Gasteiger partial charge < -0.3 is 10.5 Å². The Morgan fingerprint density at radius 1 is 1.33 bits per heavy atom. The molecule has 0 bridgehead atoms. The van der Waals surface area contributed by atoms with Crippen molar-refractivity contribution in [2.75, 3.05) is 18.9 Å². The Morgan fingerprint density at radius 3 is 2.62 bits per heavy atom. The van der Waals surface area contributed by atoms with Crippen LogP contribution in [0.1, 0.15) is 31.4 Å².